The van der Waals surface area contributed by atoms with Gasteiger partial charge < -0.3 is 9.14 Å². The molecule has 0 N–H and O–H groups in total. The average molecular weight is 325 g/mol. The van der Waals surface area contributed by atoms with Crippen LogP contribution in [0.5, 0.6) is 0 Å². The van der Waals surface area contributed by atoms with E-state index in [1.165, 1.54) is 11.1 Å². The van der Waals surface area contributed by atoms with Gasteiger partial charge in [-0.05, 0) is 31.0 Å². The van der Waals surface area contributed by atoms with Crippen LogP contribution in [0.25, 0.3) is 5.65 Å². The zero-order valence-corrected chi connectivity index (χ0v) is 14.2. The second-order valence-corrected chi connectivity index (χ2v) is 6.62. The molecule has 1 unspecified atom stereocenters. The topological polar surface area (TPSA) is 47.6 Å². The molecule has 126 valence electrons. The number of hydrogen-bond acceptors (Lipinski definition) is 4. The second-order valence-electron chi connectivity index (χ2n) is 6.62. The molecule has 6 heteroatoms. The number of fused-ring (bicyclic) bond motifs is 1. The van der Waals surface area contributed by atoms with Crippen molar-refractivity contribution in [1.82, 2.24) is 24.1 Å². The predicted octanol–water partition coefficient (Wildman–Crippen LogP) is 2.05. The summed E-state index contributed by atoms with van der Waals surface area (Å²) in [6, 6.07) is 4.16. The van der Waals surface area contributed by atoms with Gasteiger partial charge in [0.1, 0.15) is 5.65 Å². The van der Waals surface area contributed by atoms with Gasteiger partial charge in [0.2, 0.25) is 0 Å². The molecule has 3 aromatic rings. The maximum absolute atomic E-state index is 5.91. The molecule has 4 heterocycles. The summed E-state index contributed by atoms with van der Waals surface area (Å²) in [7, 11) is 0. The highest BCUT2D eigenvalue weighted by atomic mass is 16.5. The number of morpholine rings is 1. The van der Waals surface area contributed by atoms with Crippen LogP contribution in [-0.4, -0.2) is 49.9 Å². The highest BCUT2D eigenvalue weighted by Gasteiger charge is 2.22. The zero-order chi connectivity index (χ0) is 16.5. The first kappa shape index (κ1) is 15.4. The molecule has 0 spiro atoms. The molecule has 24 heavy (non-hydrogen) atoms. The Bertz CT molecular complexity index is 837. The largest absolute Gasteiger partial charge is 0.374 e. The maximum Gasteiger partial charge on any atom is 0.139 e. The summed E-state index contributed by atoms with van der Waals surface area (Å²) in [5.41, 5.74) is 4.55. The minimum Gasteiger partial charge on any atom is -0.374 e. The van der Waals surface area contributed by atoms with Crippen LogP contribution in [0, 0.1) is 13.8 Å². The van der Waals surface area contributed by atoms with Crippen LogP contribution >= 0.6 is 0 Å². The van der Waals surface area contributed by atoms with Crippen molar-refractivity contribution in [2.75, 3.05) is 19.7 Å². The lowest BCUT2D eigenvalue weighted by molar-refractivity contribution is -0.0405. The standard InChI is InChI=1S/C18H23N5O/c1-14-8-19-23(9-14)13-17-12-21(6-7-24-17)10-16-11-22-5-3-4-15(2)18(22)20-16/h3-5,8-9,11,17H,6-7,10,12-13H2,1-2H3. The minimum atomic E-state index is 0.178. The van der Waals surface area contributed by atoms with E-state index >= 15 is 0 Å². The third-order valence-electron chi connectivity index (χ3n) is 4.49. The smallest absolute Gasteiger partial charge is 0.139 e. The summed E-state index contributed by atoms with van der Waals surface area (Å²) in [6.07, 6.45) is 8.31. The van der Waals surface area contributed by atoms with E-state index in [1.54, 1.807) is 0 Å². The number of imidazole rings is 1. The van der Waals surface area contributed by atoms with Gasteiger partial charge in [0, 0.05) is 38.2 Å². The minimum absolute atomic E-state index is 0.178. The van der Waals surface area contributed by atoms with Crippen molar-refractivity contribution in [3.63, 3.8) is 0 Å². The number of aromatic nitrogens is 4. The Balaban J connectivity index is 1.42. The van der Waals surface area contributed by atoms with Crippen LogP contribution in [0.15, 0.2) is 36.9 Å². The lowest BCUT2D eigenvalue weighted by Crippen LogP contribution is -2.43. The summed E-state index contributed by atoms with van der Waals surface area (Å²) in [5, 5.41) is 4.36. The normalized spacial score (nSPS) is 19.2. The van der Waals surface area contributed by atoms with E-state index in [0.29, 0.717) is 0 Å². The summed E-state index contributed by atoms with van der Waals surface area (Å²) >= 11 is 0. The Morgan fingerprint density at radius 1 is 1.29 bits per heavy atom. The van der Waals surface area contributed by atoms with Gasteiger partial charge in [0.15, 0.2) is 0 Å². The Morgan fingerprint density at radius 3 is 3.00 bits per heavy atom. The molecule has 3 aromatic heterocycles. The van der Waals surface area contributed by atoms with Crippen molar-refractivity contribution >= 4 is 5.65 Å². The highest BCUT2D eigenvalue weighted by Crippen LogP contribution is 2.14. The molecule has 0 amide bonds. The Hall–Kier alpha value is -2.18. The second kappa shape index (κ2) is 6.37. The predicted molar refractivity (Wildman–Crippen MR) is 91.9 cm³/mol. The van der Waals surface area contributed by atoms with Crippen molar-refractivity contribution in [2.45, 2.75) is 33.0 Å². The number of nitrogens with zero attached hydrogens (tertiary/aromatic N) is 5. The molecule has 1 aliphatic rings. The lowest BCUT2D eigenvalue weighted by atomic mass is 10.2. The fourth-order valence-electron chi connectivity index (χ4n) is 3.32. The summed E-state index contributed by atoms with van der Waals surface area (Å²) in [5.74, 6) is 0. The Kier molecular flexibility index (Phi) is 4.08. The SMILES string of the molecule is Cc1cnn(CC2CN(Cc3cn4cccc(C)c4n3)CCO2)c1. The molecular formula is C18H23N5O. The van der Waals surface area contributed by atoms with Gasteiger partial charge in [0.25, 0.3) is 0 Å². The monoisotopic (exact) mass is 325 g/mol. The highest BCUT2D eigenvalue weighted by molar-refractivity contribution is 5.47. The van der Waals surface area contributed by atoms with Gasteiger partial charge in [-0.3, -0.25) is 9.58 Å². The van der Waals surface area contributed by atoms with E-state index in [0.717, 1.165) is 44.1 Å². The van der Waals surface area contributed by atoms with Crippen molar-refractivity contribution in [2.24, 2.45) is 0 Å². The van der Waals surface area contributed by atoms with Gasteiger partial charge in [-0.25, -0.2) is 4.98 Å². The van der Waals surface area contributed by atoms with E-state index in [4.69, 9.17) is 9.72 Å². The van der Waals surface area contributed by atoms with Crippen LogP contribution in [-0.2, 0) is 17.8 Å². The van der Waals surface area contributed by atoms with Crippen molar-refractivity contribution in [3.8, 4) is 0 Å². The molecule has 1 atom stereocenters. The summed E-state index contributed by atoms with van der Waals surface area (Å²) in [4.78, 5) is 7.20. The van der Waals surface area contributed by atoms with Crippen LogP contribution < -0.4 is 0 Å². The molecule has 1 fully saturated rings. The molecule has 0 aromatic carbocycles. The fourth-order valence-corrected chi connectivity index (χ4v) is 3.32. The van der Waals surface area contributed by atoms with Crippen LogP contribution in [0.2, 0.25) is 0 Å². The Morgan fingerprint density at radius 2 is 2.21 bits per heavy atom. The third-order valence-corrected chi connectivity index (χ3v) is 4.49. The van der Waals surface area contributed by atoms with Crippen LogP contribution in [0.4, 0.5) is 0 Å². The number of hydrogen-bond donors (Lipinski definition) is 0. The molecule has 1 aliphatic heterocycles. The summed E-state index contributed by atoms with van der Waals surface area (Å²) < 4.78 is 9.99. The van der Waals surface area contributed by atoms with Gasteiger partial charge in [-0.2, -0.15) is 5.10 Å². The maximum atomic E-state index is 5.91. The number of aryl methyl sites for hydroxylation is 2. The number of rotatable bonds is 4. The van der Waals surface area contributed by atoms with E-state index in [1.807, 2.05) is 10.9 Å². The molecule has 0 radical (unpaired) electrons. The van der Waals surface area contributed by atoms with E-state index < -0.39 is 0 Å². The molecule has 1 saturated heterocycles. The molecule has 0 aliphatic carbocycles. The van der Waals surface area contributed by atoms with Gasteiger partial charge >= 0.3 is 0 Å². The van der Waals surface area contributed by atoms with Gasteiger partial charge in [0.05, 0.1) is 31.1 Å². The van der Waals surface area contributed by atoms with Crippen LogP contribution in [0.1, 0.15) is 16.8 Å². The van der Waals surface area contributed by atoms with E-state index in [-0.39, 0.29) is 6.10 Å². The van der Waals surface area contributed by atoms with E-state index in [2.05, 4.69) is 59.0 Å². The van der Waals surface area contributed by atoms with Crippen molar-refractivity contribution < 1.29 is 4.74 Å². The summed E-state index contributed by atoms with van der Waals surface area (Å²) in [6.45, 7) is 8.43. The van der Waals surface area contributed by atoms with Crippen molar-refractivity contribution in [3.05, 3.63) is 53.7 Å². The van der Waals surface area contributed by atoms with Crippen LogP contribution in [0.3, 0.4) is 0 Å². The molecule has 4 rings (SSSR count). The quantitative estimate of drug-likeness (QED) is 0.736. The number of pyridine rings is 1. The van der Waals surface area contributed by atoms with Gasteiger partial charge in [-0.1, -0.05) is 6.07 Å². The van der Waals surface area contributed by atoms with Crippen molar-refractivity contribution in [1.29, 1.82) is 0 Å². The van der Waals surface area contributed by atoms with Gasteiger partial charge in [-0.15, -0.1) is 0 Å². The fraction of sp³-hybridized carbons (Fsp3) is 0.444. The first-order valence-corrected chi connectivity index (χ1v) is 8.43. The average Bonchev–Trinajstić information content (AvgIpc) is 3.14. The first-order valence-electron chi connectivity index (χ1n) is 8.43. The molecular weight excluding hydrogens is 302 g/mol. The molecule has 6 nitrogen and oxygen atoms in total. The lowest BCUT2D eigenvalue weighted by Gasteiger charge is -2.32. The molecule has 0 saturated carbocycles. The van der Waals surface area contributed by atoms with E-state index in [9.17, 15) is 0 Å². The third kappa shape index (κ3) is 3.20. The molecule has 0 bridgehead atoms. The zero-order valence-electron chi connectivity index (χ0n) is 14.2. The first-order chi connectivity index (χ1) is 11.7. The Labute approximate surface area is 141 Å². The number of ether oxygens (including phenoxy) is 1.